The standard InChI is InChI=1S/C14H18BrN3/c1-2-13(16)7-11-8-17-18(9-11)10-12-5-3-4-6-14(12)15/h3-6,8-9,13H,2,7,10,16H2,1H3. The monoisotopic (exact) mass is 307 g/mol. The summed E-state index contributed by atoms with van der Waals surface area (Å²) < 4.78 is 3.07. The first-order valence-corrected chi connectivity index (χ1v) is 6.98. The summed E-state index contributed by atoms with van der Waals surface area (Å²) in [5.74, 6) is 0. The zero-order valence-corrected chi connectivity index (χ0v) is 12.1. The first-order valence-electron chi connectivity index (χ1n) is 6.19. The number of nitrogens with zero attached hydrogens (tertiary/aromatic N) is 2. The van der Waals surface area contributed by atoms with Crippen molar-refractivity contribution in [2.24, 2.45) is 5.73 Å². The minimum absolute atomic E-state index is 0.228. The van der Waals surface area contributed by atoms with Crippen molar-refractivity contribution >= 4 is 15.9 Å². The van der Waals surface area contributed by atoms with E-state index in [2.05, 4.69) is 40.2 Å². The molecular weight excluding hydrogens is 290 g/mol. The fourth-order valence-electron chi connectivity index (χ4n) is 1.85. The molecule has 3 nitrogen and oxygen atoms in total. The number of benzene rings is 1. The Morgan fingerprint density at radius 1 is 1.39 bits per heavy atom. The molecular formula is C14H18BrN3. The number of hydrogen-bond donors (Lipinski definition) is 1. The predicted octanol–water partition coefficient (Wildman–Crippen LogP) is 2.97. The zero-order chi connectivity index (χ0) is 13.0. The molecule has 2 rings (SSSR count). The van der Waals surface area contributed by atoms with Gasteiger partial charge < -0.3 is 5.73 Å². The average molecular weight is 308 g/mol. The second-order valence-corrected chi connectivity index (χ2v) is 5.36. The summed E-state index contributed by atoms with van der Waals surface area (Å²) in [6, 6.07) is 8.43. The Hall–Kier alpha value is -1.13. The van der Waals surface area contributed by atoms with Crippen LogP contribution < -0.4 is 5.73 Å². The third-order valence-electron chi connectivity index (χ3n) is 3.00. The Morgan fingerprint density at radius 2 is 2.17 bits per heavy atom. The molecule has 0 amide bonds. The summed E-state index contributed by atoms with van der Waals surface area (Å²) in [6.45, 7) is 2.89. The molecule has 1 aromatic carbocycles. The molecule has 1 heterocycles. The van der Waals surface area contributed by atoms with Gasteiger partial charge in [-0.05, 0) is 30.0 Å². The molecule has 1 unspecified atom stereocenters. The van der Waals surface area contributed by atoms with E-state index in [1.54, 1.807) is 0 Å². The molecule has 96 valence electrons. The van der Waals surface area contributed by atoms with E-state index in [0.29, 0.717) is 0 Å². The van der Waals surface area contributed by atoms with Gasteiger partial charge in [0.1, 0.15) is 0 Å². The van der Waals surface area contributed by atoms with Crippen molar-refractivity contribution in [3.8, 4) is 0 Å². The van der Waals surface area contributed by atoms with Crippen molar-refractivity contribution in [1.29, 1.82) is 0 Å². The largest absolute Gasteiger partial charge is 0.327 e. The third-order valence-corrected chi connectivity index (χ3v) is 3.77. The summed E-state index contributed by atoms with van der Waals surface area (Å²) in [4.78, 5) is 0. The normalized spacial score (nSPS) is 12.6. The van der Waals surface area contributed by atoms with E-state index in [1.807, 2.05) is 29.1 Å². The molecule has 0 bridgehead atoms. The third kappa shape index (κ3) is 3.43. The minimum atomic E-state index is 0.228. The van der Waals surface area contributed by atoms with Crippen LogP contribution in [0.3, 0.4) is 0 Å². The second kappa shape index (κ2) is 6.16. The lowest BCUT2D eigenvalue weighted by Crippen LogP contribution is -2.21. The summed E-state index contributed by atoms with van der Waals surface area (Å²) in [6.07, 6.45) is 5.88. The Kier molecular flexibility index (Phi) is 4.55. The van der Waals surface area contributed by atoms with E-state index in [9.17, 15) is 0 Å². The molecule has 0 aliphatic heterocycles. The lowest BCUT2D eigenvalue weighted by atomic mass is 10.1. The van der Waals surface area contributed by atoms with Gasteiger partial charge in [0, 0.05) is 16.7 Å². The quantitative estimate of drug-likeness (QED) is 0.923. The van der Waals surface area contributed by atoms with Crippen LogP contribution in [-0.2, 0) is 13.0 Å². The smallest absolute Gasteiger partial charge is 0.0670 e. The van der Waals surface area contributed by atoms with Crippen molar-refractivity contribution in [3.63, 3.8) is 0 Å². The lowest BCUT2D eigenvalue weighted by molar-refractivity contribution is 0.644. The zero-order valence-electron chi connectivity index (χ0n) is 10.5. The van der Waals surface area contributed by atoms with Crippen molar-refractivity contribution in [3.05, 3.63) is 52.3 Å². The Balaban J connectivity index is 2.05. The number of hydrogen-bond acceptors (Lipinski definition) is 2. The van der Waals surface area contributed by atoms with Crippen LogP contribution in [0.25, 0.3) is 0 Å². The van der Waals surface area contributed by atoms with Gasteiger partial charge in [-0.15, -0.1) is 0 Å². The van der Waals surface area contributed by atoms with Crippen LogP contribution in [0, 0.1) is 0 Å². The molecule has 1 atom stereocenters. The van der Waals surface area contributed by atoms with Crippen LogP contribution in [0.2, 0.25) is 0 Å². The Morgan fingerprint density at radius 3 is 2.89 bits per heavy atom. The van der Waals surface area contributed by atoms with Gasteiger partial charge in [0.15, 0.2) is 0 Å². The summed E-state index contributed by atoms with van der Waals surface area (Å²) >= 11 is 3.55. The first-order chi connectivity index (χ1) is 8.69. The summed E-state index contributed by atoms with van der Waals surface area (Å²) in [7, 11) is 0. The molecule has 0 saturated carbocycles. The summed E-state index contributed by atoms with van der Waals surface area (Å²) in [5, 5.41) is 4.38. The van der Waals surface area contributed by atoms with Gasteiger partial charge >= 0.3 is 0 Å². The van der Waals surface area contributed by atoms with Crippen LogP contribution in [0.5, 0.6) is 0 Å². The molecule has 0 aliphatic carbocycles. The first kappa shape index (κ1) is 13.3. The highest BCUT2D eigenvalue weighted by Crippen LogP contribution is 2.17. The van der Waals surface area contributed by atoms with E-state index in [0.717, 1.165) is 23.9 Å². The highest BCUT2D eigenvalue weighted by molar-refractivity contribution is 9.10. The number of aromatic nitrogens is 2. The van der Waals surface area contributed by atoms with Crippen LogP contribution >= 0.6 is 15.9 Å². The van der Waals surface area contributed by atoms with Crippen molar-refractivity contribution in [1.82, 2.24) is 9.78 Å². The molecule has 4 heteroatoms. The van der Waals surface area contributed by atoms with E-state index in [4.69, 9.17) is 5.73 Å². The highest BCUT2D eigenvalue weighted by Gasteiger charge is 2.05. The molecule has 18 heavy (non-hydrogen) atoms. The molecule has 0 fully saturated rings. The maximum absolute atomic E-state index is 5.95. The summed E-state index contributed by atoms with van der Waals surface area (Å²) in [5.41, 5.74) is 8.38. The Labute approximate surface area is 116 Å². The van der Waals surface area contributed by atoms with E-state index >= 15 is 0 Å². The minimum Gasteiger partial charge on any atom is -0.327 e. The molecule has 0 aliphatic rings. The number of halogens is 1. The molecule has 0 saturated heterocycles. The second-order valence-electron chi connectivity index (χ2n) is 4.51. The van der Waals surface area contributed by atoms with Crippen molar-refractivity contribution in [2.75, 3.05) is 0 Å². The van der Waals surface area contributed by atoms with Gasteiger partial charge in [0.25, 0.3) is 0 Å². The van der Waals surface area contributed by atoms with Gasteiger partial charge in [-0.3, -0.25) is 4.68 Å². The molecule has 0 radical (unpaired) electrons. The highest BCUT2D eigenvalue weighted by atomic mass is 79.9. The molecule has 0 spiro atoms. The van der Waals surface area contributed by atoms with Gasteiger partial charge in [-0.25, -0.2) is 0 Å². The SMILES string of the molecule is CCC(N)Cc1cnn(Cc2ccccc2Br)c1. The fraction of sp³-hybridized carbons (Fsp3) is 0.357. The predicted molar refractivity (Wildman–Crippen MR) is 77.4 cm³/mol. The van der Waals surface area contributed by atoms with Crippen molar-refractivity contribution in [2.45, 2.75) is 32.4 Å². The van der Waals surface area contributed by atoms with Gasteiger partial charge in [0.05, 0.1) is 12.7 Å². The van der Waals surface area contributed by atoms with Crippen LogP contribution in [0.4, 0.5) is 0 Å². The Bertz CT molecular complexity index is 507. The fourth-order valence-corrected chi connectivity index (χ4v) is 2.26. The van der Waals surface area contributed by atoms with E-state index in [-0.39, 0.29) is 6.04 Å². The molecule has 2 aromatic rings. The van der Waals surface area contributed by atoms with Crippen LogP contribution in [-0.4, -0.2) is 15.8 Å². The van der Waals surface area contributed by atoms with E-state index in [1.165, 1.54) is 11.1 Å². The number of nitrogens with two attached hydrogens (primary N) is 1. The number of rotatable bonds is 5. The van der Waals surface area contributed by atoms with Gasteiger partial charge in [0.2, 0.25) is 0 Å². The maximum atomic E-state index is 5.95. The van der Waals surface area contributed by atoms with Gasteiger partial charge in [-0.1, -0.05) is 41.1 Å². The van der Waals surface area contributed by atoms with Crippen LogP contribution in [0.15, 0.2) is 41.1 Å². The topological polar surface area (TPSA) is 43.8 Å². The van der Waals surface area contributed by atoms with E-state index < -0.39 is 0 Å². The average Bonchev–Trinajstić information content (AvgIpc) is 2.79. The molecule has 1 aromatic heterocycles. The lowest BCUT2D eigenvalue weighted by Gasteiger charge is -2.06. The van der Waals surface area contributed by atoms with Crippen molar-refractivity contribution < 1.29 is 0 Å². The maximum Gasteiger partial charge on any atom is 0.0670 e. The van der Waals surface area contributed by atoms with Crippen LogP contribution in [0.1, 0.15) is 24.5 Å². The van der Waals surface area contributed by atoms with Gasteiger partial charge in [-0.2, -0.15) is 5.10 Å². The molecule has 2 N–H and O–H groups in total.